The SMILES string of the molecule is CCCOc1ccc(CO)c(OC2CCCOC2)c1. The summed E-state index contributed by atoms with van der Waals surface area (Å²) >= 11 is 0. The first-order valence-corrected chi connectivity index (χ1v) is 6.94. The van der Waals surface area contributed by atoms with Gasteiger partial charge in [0.1, 0.15) is 17.6 Å². The third kappa shape index (κ3) is 4.11. The van der Waals surface area contributed by atoms with E-state index in [4.69, 9.17) is 14.2 Å². The minimum absolute atomic E-state index is 0.0308. The summed E-state index contributed by atoms with van der Waals surface area (Å²) in [7, 11) is 0. The van der Waals surface area contributed by atoms with Crippen LogP contribution in [0.4, 0.5) is 0 Å². The molecule has 4 heteroatoms. The lowest BCUT2D eigenvalue weighted by atomic mass is 10.1. The second-order valence-electron chi connectivity index (χ2n) is 4.73. The molecule has 1 aromatic carbocycles. The van der Waals surface area contributed by atoms with E-state index >= 15 is 0 Å². The van der Waals surface area contributed by atoms with Gasteiger partial charge in [0.05, 0.1) is 19.8 Å². The van der Waals surface area contributed by atoms with Gasteiger partial charge in [-0.3, -0.25) is 0 Å². The summed E-state index contributed by atoms with van der Waals surface area (Å²) in [5.41, 5.74) is 0.787. The molecule has 1 saturated heterocycles. The highest BCUT2D eigenvalue weighted by atomic mass is 16.5. The molecule has 0 saturated carbocycles. The van der Waals surface area contributed by atoms with E-state index in [2.05, 4.69) is 6.92 Å². The molecule has 0 bridgehead atoms. The molecule has 1 atom stereocenters. The number of aliphatic hydroxyl groups excluding tert-OH is 1. The Bertz CT molecular complexity index is 386. The highest BCUT2D eigenvalue weighted by Gasteiger charge is 2.17. The molecule has 1 aliphatic rings. The van der Waals surface area contributed by atoms with Gasteiger partial charge in [0.25, 0.3) is 0 Å². The van der Waals surface area contributed by atoms with Gasteiger partial charge in [-0.05, 0) is 31.4 Å². The van der Waals surface area contributed by atoms with Crippen molar-refractivity contribution in [3.63, 3.8) is 0 Å². The molecule has 106 valence electrons. The molecule has 19 heavy (non-hydrogen) atoms. The number of ether oxygens (including phenoxy) is 3. The second kappa shape index (κ2) is 7.36. The van der Waals surface area contributed by atoms with Crippen molar-refractivity contribution in [2.45, 2.75) is 38.9 Å². The minimum Gasteiger partial charge on any atom is -0.493 e. The third-order valence-electron chi connectivity index (χ3n) is 3.09. The lowest BCUT2D eigenvalue weighted by Crippen LogP contribution is -2.28. The molecular weight excluding hydrogens is 244 g/mol. The highest BCUT2D eigenvalue weighted by Crippen LogP contribution is 2.27. The quantitative estimate of drug-likeness (QED) is 0.859. The summed E-state index contributed by atoms with van der Waals surface area (Å²) in [5.74, 6) is 1.48. The van der Waals surface area contributed by atoms with Gasteiger partial charge in [-0.1, -0.05) is 6.92 Å². The molecule has 1 N–H and O–H groups in total. The number of rotatable bonds is 6. The molecular formula is C15H22O4. The van der Waals surface area contributed by atoms with Gasteiger partial charge in [0.2, 0.25) is 0 Å². The summed E-state index contributed by atoms with van der Waals surface area (Å²) in [6, 6.07) is 5.57. The molecule has 1 fully saturated rings. The predicted molar refractivity (Wildman–Crippen MR) is 72.6 cm³/mol. The van der Waals surface area contributed by atoms with Crippen LogP contribution in [0.1, 0.15) is 31.7 Å². The van der Waals surface area contributed by atoms with Crippen LogP contribution in [0.2, 0.25) is 0 Å². The van der Waals surface area contributed by atoms with Gasteiger partial charge in [-0.25, -0.2) is 0 Å². The zero-order valence-corrected chi connectivity index (χ0v) is 11.4. The van der Waals surface area contributed by atoms with Crippen molar-refractivity contribution in [2.24, 2.45) is 0 Å². The fraction of sp³-hybridized carbons (Fsp3) is 0.600. The van der Waals surface area contributed by atoms with E-state index in [-0.39, 0.29) is 12.7 Å². The lowest BCUT2D eigenvalue weighted by molar-refractivity contribution is 0.00651. The van der Waals surface area contributed by atoms with Crippen molar-refractivity contribution >= 4 is 0 Å². The van der Waals surface area contributed by atoms with E-state index in [1.54, 1.807) is 0 Å². The van der Waals surface area contributed by atoms with E-state index in [1.807, 2.05) is 18.2 Å². The fourth-order valence-electron chi connectivity index (χ4n) is 2.07. The van der Waals surface area contributed by atoms with Crippen LogP contribution in [0.3, 0.4) is 0 Å². The first-order valence-electron chi connectivity index (χ1n) is 6.94. The second-order valence-corrected chi connectivity index (χ2v) is 4.73. The smallest absolute Gasteiger partial charge is 0.129 e. The molecule has 1 unspecified atom stereocenters. The summed E-state index contributed by atoms with van der Waals surface area (Å²) in [5, 5.41) is 9.36. The van der Waals surface area contributed by atoms with Gasteiger partial charge in [0, 0.05) is 18.2 Å². The molecule has 0 spiro atoms. The predicted octanol–water partition coefficient (Wildman–Crippen LogP) is 2.53. The molecule has 4 nitrogen and oxygen atoms in total. The average molecular weight is 266 g/mol. The van der Waals surface area contributed by atoms with E-state index in [0.717, 1.165) is 37.2 Å². The Labute approximate surface area is 114 Å². The normalized spacial score (nSPS) is 19.2. The van der Waals surface area contributed by atoms with E-state index in [0.29, 0.717) is 19.0 Å². The van der Waals surface area contributed by atoms with Crippen LogP contribution in [0.15, 0.2) is 18.2 Å². The van der Waals surface area contributed by atoms with Gasteiger partial charge < -0.3 is 19.3 Å². The van der Waals surface area contributed by atoms with Crippen molar-refractivity contribution in [1.82, 2.24) is 0 Å². The Kier molecular flexibility index (Phi) is 5.48. The van der Waals surface area contributed by atoms with Crippen LogP contribution >= 0.6 is 0 Å². The van der Waals surface area contributed by atoms with Gasteiger partial charge in [-0.15, -0.1) is 0 Å². The highest BCUT2D eigenvalue weighted by molar-refractivity contribution is 5.40. The topological polar surface area (TPSA) is 47.9 Å². The van der Waals surface area contributed by atoms with Crippen molar-refractivity contribution in [2.75, 3.05) is 19.8 Å². The Balaban J connectivity index is 2.06. The van der Waals surface area contributed by atoms with Crippen LogP contribution in [0, 0.1) is 0 Å². The number of aliphatic hydroxyl groups is 1. The van der Waals surface area contributed by atoms with Crippen LogP contribution in [0.25, 0.3) is 0 Å². The zero-order valence-electron chi connectivity index (χ0n) is 11.4. The Morgan fingerprint density at radius 2 is 2.32 bits per heavy atom. The Morgan fingerprint density at radius 1 is 1.42 bits per heavy atom. The van der Waals surface area contributed by atoms with Crippen molar-refractivity contribution in [1.29, 1.82) is 0 Å². The van der Waals surface area contributed by atoms with E-state index in [9.17, 15) is 5.11 Å². The van der Waals surface area contributed by atoms with Crippen LogP contribution in [0.5, 0.6) is 11.5 Å². The summed E-state index contributed by atoms with van der Waals surface area (Å²) in [6.07, 6.45) is 3.05. The van der Waals surface area contributed by atoms with Gasteiger partial charge in [-0.2, -0.15) is 0 Å². The lowest BCUT2D eigenvalue weighted by Gasteiger charge is -2.24. The van der Waals surface area contributed by atoms with Crippen molar-refractivity contribution < 1.29 is 19.3 Å². The van der Waals surface area contributed by atoms with Crippen LogP contribution < -0.4 is 9.47 Å². The molecule has 0 aromatic heterocycles. The number of hydrogen-bond donors (Lipinski definition) is 1. The maximum absolute atomic E-state index is 9.36. The van der Waals surface area contributed by atoms with E-state index < -0.39 is 0 Å². The monoisotopic (exact) mass is 266 g/mol. The minimum atomic E-state index is -0.0308. The molecule has 1 heterocycles. The van der Waals surface area contributed by atoms with E-state index in [1.165, 1.54) is 0 Å². The van der Waals surface area contributed by atoms with Gasteiger partial charge >= 0.3 is 0 Å². The fourth-order valence-corrected chi connectivity index (χ4v) is 2.07. The summed E-state index contributed by atoms with van der Waals surface area (Å²) in [4.78, 5) is 0. The largest absolute Gasteiger partial charge is 0.493 e. The molecule has 0 amide bonds. The molecule has 0 radical (unpaired) electrons. The first-order chi connectivity index (χ1) is 9.33. The molecule has 2 rings (SSSR count). The molecule has 1 aliphatic heterocycles. The van der Waals surface area contributed by atoms with Crippen molar-refractivity contribution in [3.8, 4) is 11.5 Å². The maximum Gasteiger partial charge on any atom is 0.129 e. The summed E-state index contributed by atoms with van der Waals surface area (Å²) in [6.45, 7) is 4.15. The third-order valence-corrected chi connectivity index (χ3v) is 3.09. The standard InChI is InChI=1S/C15H22O4/c1-2-7-18-13-6-5-12(10-16)15(9-13)19-14-4-3-8-17-11-14/h5-6,9,14,16H,2-4,7-8,10-11H2,1H3. The molecule has 0 aliphatic carbocycles. The summed E-state index contributed by atoms with van der Waals surface area (Å²) < 4.78 is 16.9. The Morgan fingerprint density at radius 3 is 3.00 bits per heavy atom. The number of hydrogen-bond acceptors (Lipinski definition) is 4. The Hall–Kier alpha value is -1.26. The molecule has 1 aromatic rings. The maximum atomic E-state index is 9.36. The van der Waals surface area contributed by atoms with Gasteiger partial charge in [0.15, 0.2) is 0 Å². The first kappa shape index (κ1) is 14.2. The van der Waals surface area contributed by atoms with Crippen LogP contribution in [-0.2, 0) is 11.3 Å². The average Bonchev–Trinajstić information content (AvgIpc) is 2.46. The number of benzene rings is 1. The van der Waals surface area contributed by atoms with Crippen molar-refractivity contribution in [3.05, 3.63) is 23.8 Å². The zero-order chi connectivity index (χ0) is 13.5. The van der Waals surface area contributed by atoms with Crippen LogP contribution in [-0.4, -0.2) is 31.0 Å².